The Balaban J connectivity index is 1.40. The van der Waals surface area contributed by atoms with Crippen LogP contribution in [0.5, 0.6) is 0 Å². The Labute approximate surface area is 175 Å². The highest BCUT2D eigenvalue weighted by Gasteiger charge is 2.22. The molecule has 3 rings (SSSR count). The van der Waals surface area contributed by atoms with E-state index in [1.54, 1.807) is 12.1 Å². The van der Waals surface area contributed by atoms with Crippen LogP contribution in [0.2, 0.25) is 0 Å². The van der Waals surface area contributed by atoms with E-state index in [9.17, 15) is 9.59 Å². The minimum absolute atomic E-state index is 0.0240. The maximum absolute atomic E-state index is 12.3. The summed E-state index contributed by atoms with van der Waals surface area (Å²) in [5, 5.41) is 14.7. The zero-order valence-electron chi connectivity index (χ0n) is 16.3. The third-order valence-electron chi connectivity index (χ3n) is 5.00. The largest absolute Gasteiger partial charge is 0.351 e. The predicted molar refractivity (Wildman–Crippen MR) is 116 cm³/mol. The number of hydrogen-bond donors (Lipinski definition) is 2. The van der Waals surface area contributed by atoms with Crippen molar-refractivity contribution >= 4 is 29.3 Å². The highest BCUT2D eigenvalue weighted by molar-refractivity contribution is 7.99. The van der Waals surface area contributed by atoms with E-state index in [0.29, 0.717) is 17.9 Å². The quantitative estimate of drug-likeness (QED) is 0.686. The number of amides is 2. The van der Waals surface area contributed by atoms with Gasteiger partial charge < -0.3 is 10.6 Å². The number of carbonyl (C=O) groups is 2. The third-order valence-corrected chi connectivity index (χ3v) is 6.00. The van der Waals surface area contributed by atoms with Gasteiger partial charge in [0.05, 0.1) is 17.4 Å². The molecule has 0 aromatic heterocycles. The van der Waals surface area contributed by atoms with Gasteiger partial charge in [-0.2, -0.15) is 5.26 Å². The van der Waals surface area contributed by atoms with Crippen molar-refractivity contribution in [2.75, 3.05) is 11.1 Å². The minimum atomic E-state index is -0.0240. The molecule has 0 heterocycles. The van der Waals surface area contributed by atoms with E-state index >= 15 is 0 Å². The van der Waals surface area contributed by atoms with Crippen molar-refractivity contribution in [2.45, 2.75) is 38.0 Å². The summed E-state index contributed by atoms with van der Waals surface area (Å²) >= 11 is 1.54. The summed E-state index contributed by atoms with van der Waals surface area (Å²) < 4.78 is 0. The van der Waals surface area contributed by atoms with Crippen LogP contribution in [-0.2, 0) is 21.9 Å². The summed E-state index contributed by atoms with van der Waals surface area (Å²) in [5.41, 5.74) is 3.47. The summed E-state index contributed by atoms with van der Waals surface area (Å²) in [4.78, 5) is 24.4. The lowest BCUT2D eigenvalue weighted by molar-refractivity contribution is -0.120. The summed E-state index contributed by atoms with van der Waals surface area (Å²) in [6.07, 6.45) is 4.21. The van der Waals surface area contributed by atoms with E-state index in [2.05, 4.69) is 16.7 Å². The Kier molecular flexibility index (Phi) is 7.71. The van der Waals surface area contributed by atoms with Crippen LogP contribution in [0.4, 0.5) is 5.69 Å². The first-order valence-corrected chi connectivity index (χ1v) is 11.0. The molecule has 0 bridgehead atoms. The first-order valence-electron chi connectivity index (χ1n) is 9.87. The normalized spacial score (nSPS) is 13.6. The molecule has 2 aromatic rings. The second-order valence-electron chi connectivity index (χ2n) is 7.25. The zero-order chi connectivity index (χ0) is 20.5. The number of anilines is 1. The predicted octanol–water partition coefficient (Wildman–Crippen LogP) is 4.24. The Morgan fingerprint density at radius 3 is 2.55 bits per heavy atom. The lowest BCUT2D eigenvalue weighted by Gasteiger charge is -2.12. The van der Waals surface area contributed by atoms with Crippen molar-refractivity contribution in [3.05, 3.63) is 65.2 Å². The Hall–Kier alpha value is -2.78. The number of rotatable bonds is 8. The molecule has 5 nitrogen and oxygen atoms in total. The first kappa shape index (κ1) is 20.9. The Bertz CT molecular complexity index is 884. The molecule has 1 saturated carbocycles. The molecular formula is C23H25N3O2S. The highest BCUT2D eigenvalue weighted by Crippen LogP contribution is 2.26. The molecule has 0 aliphatic heterocycles. The van der Waals surface area contributed by atoms with Gasteiger partial charge in [-0.05, 0) is 48.2 Å². The Morgan fingerprint density at radius 1 is 1.07 bits per heavy atom. The van der Waals surface area contributed by atoms with Crippen LogP contribution in [0.25, 0.3) is 0 Å². The van der Waals surface area contributed by atoms with Gasteiger partial charge >= 0.3 is 0 Å². The van der Waals surface area contributed by atoms with Gasteiger partial charge in [0.25, 0.3) is 0 Å². The lowest BCUT2D eigenvalue weighted by atomic mass is 10.1. The molecule has 0 spiro atoms. The molecule has 2 aromatic carbocycles. The molecule has 1 aliphatic carbocycles. The molecular weight excluding hydrogens is 382 g/mol. The van der Waals surface area contributed by atoms with Gasteiger partial charge in [0.15, 0.2) is 0 Å². The van der Waals surface area contributed by atoms with E-state index in [1.807, 2.05) is 36.4 Å². The number of nitriles is 1. The zero-order valence-corrected chi connectivity index (χ0v) is 17.1. The number of carbonyl (C=O) groups excluding carboxylic acids is 2. The van der Waals surface area contributed by atoms with Gasteiger partial charge in [-0.3, -0.25) is 9.59 Å². The van der Waals surface area contributed by atoms with Crippen LogP contribution in [0.3, 0.4) is 0 Å². The molecule has 0 radical (unpaired) electrons. The van der Waals surface area contributed by atoms with E-state index in [4.69, 9.17) is 5.26 Å². The second kappa shape index (κ2) is 10.7. The van der Waals surface area contributed by atoms with Crippen LogP contribution in [0, 0.1) is 17.2 Å². The van der Waals surface area contributed by atoms with Crippen molar-refractivity contribution in [2.24, 2.45) is 5.92 Å². The van der Waals surface area contributed by atoms with Crippen molar-refractivity contribution in [3.8, 4) is 6.07 Å². The number of nitrogens with zero attached hydrogens (tertiary/aromatic N) is 1. The average molecular weight is 408 g/mol. The standard InChI is InChI=1S/C23H25N3O2S/c24-13-17-8-10-18(11-9-17)15-29-16-22(27)25-14-19-4-3-7-21(12-19)26-23(28)20-5-1-2-6-20/h3-4,7-12,20H,1-2,5-6,14-16H2,(H,25,27)(H,26,28). The van der Waals surface area contributed by atoms with E-state index in [1.165, 1.54) is 11.8 Å². The molecule has 0 atom stereocenters. The van der Waals surface area contributed by atoms with Crippen LogP contribution in [-0.4, -0.2) is 17.6 Å². The van der Waals surface area contributed by atoms with Crippen molar-refractivity contribution in [1.82, 2.24) is 5.32 Å². The molecule has 0 unspecified atom stereocenters. The molecule has 2 amide bonds. The maximum Gasteiger partial charge on any atom is 0.230 e. The fourth-order valence-electron chi connectivity index (χ4n) is 3.38. The van der Waals surface area contributed by atoms with Gasteiger partial charge in [0, 0.05) is 23.9 Å². The number of benzene rings is 2. The van der Waals surface area contributed by atoms with Crippen LogP contribution in [0.1, 0.15) is 42.4 Å². The van der Waals surface area contributed by atoms with Crippen LogP contribution in [0.15, 0.2) is 48.5 Å². The van der Waals surface area contributed by atoms with Gasteiger partial charge in [0.2, 0.25) is 11.8 Å². The summed E-state index contributed by atoms with van der Waals surface area (Å²) in [6.45, 7) is 0.434. The number of hydrogen-bond acceptors (Lipinski definition) is 4. The van der Waals surface area contributed by atoms with E-state index in [-0.39, 0.29) is 17.7 Å². The van der Waals surface area contributed by atoms with Gasteiger partial charge in [-0.1, -0.05) is 37.1 Å². The van der Waals surface area contributed by atoms with Crippen molar-refractivity contribution < 1.29 is 9.59 Å². The second-order valence-corrected chi connectivity index (χ2v) is 8.23. The summed E-state index contributed by atoms with van der Waals surface area (Å²) in [5.74, 6) is 1.30. The fourth-order valence-corrected chi connectivity index (χ4v) is 4.20. The number of nitrogens with one attached hydrogen (secondary N) is 2. The molecule has 150 valence electrons. The highest BCUT2D eigenvalue weighted by atomic mass is 32.2. The molecule has 29 heavy (non-hydrogen) atoms. The van der Waals surface area contributed by atoms with Crippen LogP contribution >= 0.6 is 11.8 Å². The third kappa shape index (κ3) is 6.65. The molecule has 1 aliphatic rings. The van der Waals surface area contributed by atoms with Crippen LogP contribution < -0.4 is 10.6 Å². The monoisotopic (exact) mass is 407 g/mol. The minimum Gasteiger partial charge on any atom is -0.351 e. The Morgan fingerprint density at radius 2 is 1.83 bits per heavy atom. The van der Waals surface area contributed by atoms with Gasteiger partial charge in [0.1, 0.15) is 0 Å². The van der Waals surface area contributed by atoms with E-state index in [0.717, 1.165) is 48.3 Å². The van der Waals surface area contributed by atoms with Crippen molar-refractivity contribution in [1.29, 1.82) is 5.26 Å². The number of thioether (sulfide) groups is 1. The summed E-state index contributed by atoms with van der Waals surface area (Å²) in [6, 6.07) is 17.1. The van der Waals surface area contributed by atoms with Gasteiger partial charge in [-0.25, -0.2) is 0 Å². The molecule has 1 fully saturated rings. The van der Waals surface area contributed by atoms with Crippen molar-refractivity contribution in [3.63, 3.8) is 0 Å². The summed E-state index contributed by atoms with van der Waals surface area (Å²) in [7, 11) is 0. The van der Waals surface area contributed by atoms with Gasteiger partial charge in [-0.15, -0.1) is 11.8 Å². The van der Waals surface area contributed by atoms with E-state index < -0.39 is 0 Å². The maximum atomic E-state index is 12.3. The SMILES string of the molecule is N#Cc1ccc(CSCC(=O)NCc2cccc(NC(=O)C3CCCC3)c2)cc1. The lowest BCUT2D eigenvalue weighted by Crippen LogP contribution is -2.25. The topological polar surface area (TPSA) is 82.0 Å². The molecule has 2 N–H and O–H groups in total. The molecule has 0 saturated heterocycles. The molecule has 6 heteroatoms. The first-order chi connectivity index (χ1) is 14.1. The average Bonchev–Trinajstić information content (AvgIpc) is 3.28. The fraction of sp³-hybridized carbons (Fsp3) is 0.348. The smallest absolute Gasteiger partial charge is 0.230 e.